The number of aryl methyl sites for hydroxylation is 1. The van der Waals surface area contributed by atoms with Gasteiger partial charge in [0.15, 0.2) is 0 Å². The molecule has 0 fully saturated rings. The van der Waals surface area contributed by atoms with Crippen LogP contribution in [0.1, 0.15) is 16.7 Å². The van der Waals surface area contributed by atoms with Gasteiger partial charge in [-0.25, -0.2) is 0 Å². The van der Waals surface area contributed by atoms with Crippen LogP contribution >= 0.6 is 0 Å². The molecule has 1 heterocycles. The number of carbonyl (C=O) groups excluding carboxylic acids is 2. The minimum Gasteiger partial charge on any atom is -0.303 e. The fourth-order valence-electron chi connectivity index (χ4n) is 2.67. The van der Waals surface area contributed by atoms with Crippen LogP contribution in [0.2, 0.25) is 0 Å². The van der Waals surface area contributed by atoms with Crippen LogP contribution in [-0.4, -0.2) is 18.4 Å². The molecule has 0 saturated carbocycles. The molecule has 2 aromatic carbocycles. The molecule has 2 aromatic rings. The third-order valence-electron chi connectivity index (χ3n) is 3.89. The molecular weight excluding hydrogens is 304 g/mol. The molecule has 1 aliphatic heterocycles. The second-order valence-electron chi connectivity index (χ2n) is 5.61. The quantitative estimate of drug-likeness (QED) is 0.654. The minimum absolute atomic E-state index is 0.463. The third kappa shape index (κ3) is 3.06. The maximum absolute atomic E-state index is 12.4. The zero-order chi connectivity index (χ0) is 17.1. The second-order valence-corrected chi connectivity index (χ2v) is 5.61. The van der Waals surface area contributed by atoms with E-state index >= 15 is 0 Å². The highest BCUT2D eigenvalue weighted by Crippen LogP contribution is 2.28. The molecule has 1 aliphatic rings. The summed E-state index contributed by atoms with van der Waals surface area (Å²) in [6.07, 6.45) is 0.742. The molecule has 0 spiro atoms. The fourth-order valence-corrected chi connectivity index (χ4v) is 2.67. The molecule has 0 unspecified atom stereocenters. The molecule has 120 valence electrons. The van der Waals surface area contributed by atoms with Crippen LogP contribution in [0.4, 0.5) is 11.4 Å². The van der Waals surface area contributed by atoms with Crippen molar-refractivity contribution in [2.45, 2.75) is 13.3 Å². The van der Waals surface area contributed by atoms with Gasteiger partial charge in [0.2, 0.25) is 0 Å². The summed E-state index contributed by atoms with van der Waals surface area (Å²) in [5, 5.41) is 8.86. The molecule has 3 rings (SSSR count). The Balaban J connectivity index is 1.67. The highest BCUT2D eigenvalue weighted by Gasteiger charge is 2.29. The number of nitrogens with zero attached hydrogens (tertiary/aromatic N) is 2. The van der Waals surface area contributed by atoms with Crippen molar-refractivity contribution in [1.29, 1.82) is 5.26 Å². The maximum Gasteiger partial charge on any atom is 0.328 e. The number of hydrogen-bond donors (Lipinski definition) is 2. The molecule has 24 heavy (non-hydrogen) atoms. The Morgan fingerprint density at radius 2 is 2.04 bits per heavy atom. The first kappa shape index (κ1) is 15.6. The molecule has 0 bridgehead atoms. The lowest BCUT2D eigenvalue weighted by atomic mass is 10.1. The van der Waals surface area contributed by atoms with Crippen LogP contribution in [0.25, 0.3) is 0 Å². The normalized spacial score (nSPS) is 12.2. The Labute approximate surface area is 139 Å². The first-order valence-electron chi connectivity index (χ1n) is 7.56. The predicted molar refractivity (Wildman–Crippen MR) is 90.2 cm³/mol. The van der Waals surface area contributed by atoms with Crippen LogP contribution in [0.15, 0.2) is 42.5 Å². The Kier molecular flexibility index (Phi) is 4.17. The van der Waals surface area contributed by atoms with E-state index in [0.29, 0.717) is 17.8 Å². The van der Waals surface area contributed by atoms with Crippen molar-refractivity contribution in [3.63, 3.8) is 0 Å². The van der Waals surface area contributed by atoms with Gasteiger partial charge < -0.3 is 4.90 Å². The standard InChI is InChI=1S/C18H16N4O2/c1-12-5-6-14-7-8-22(16(14)9-12)18(24)17(23)21-20-15-4-2-3-13(10-15)11-19/h2-6,9-10,20H,7-8H2,1H3,(H,21,23). The van der Waals surface area contributed by atoms with E-state index in [0.717, 1.165) is 23.2 Å². The average molecular weight is 320 g/mol. The van der Waals surface area contributed by atoms with Gasteiger partial charge >= 0.3 is 11.8 Å². The van der Waals surface area contributed by atoms with Crippen molar-refractivity contribution in [2.75, 3.05) is 16.9 Å². The highest BCUT2D eigenvalue weighted by atomic mass is 16.2. The first-order valence-corrected chi connectivity index (χ1v) is 7.56. The number of benzene rings is 2. The van der Waals surface area contributed by atoms with E-state index < -0.39 is 11.8 Å². The molecule has 2 N–H and O–H groups in total. The molecule has 0 aliphatic carbocycles. The van der Waals surface area contributed by atoms with E-state index in [1.807, 2.05) is 31.2 Å². The number of carbonyl (C=O) groups is 2. The fraction of sp³-hybridized carbons (Fsp3) is 0.167. The summed E-state index contributed by atoms with van der Waals surface area (Å²) in [7, 11) is 0. The average Bonchev–Trinajstić information content (AvgIpc) is 3.02. The van der Waals surface area contributed by atoms with Crippen LogP contribution in [-0.2, 0) is 16.0 Å². The Hall–Kier alpha value is -3.33. The first-order chi connectivity index (χ1) is 11.6. The number of rotatable bonds is 2. The SMILES string of the molecule is Cc1ccc2c(c1)N(C(=O)C(=O)NNc1cccc(C#N)c1)CC2. The third-order valence-corrected chi connectivity index (χ3v) is 3.89. The van der Waals surface area contributed by atoms with Crippen molar-refractivity contribution in [3.05, 3.63) is 59.2 Å². The van der Waals surface area contributed by atoms with E-state index in [4.69, 9.17) is 5.26 Å². The summed E-state index contributed by atoms with van der Waals surface area (Å²) in [5.74, 6) is -1.35. The van der Waals surface area contributed by atoms with Gasteiger partial charge in [0.25, 0.3) is 0 Å². The lowest BCUT2D eigenvalue weighted by Gasteiger charge is -2.17. The smallest absolute Gasteiger partial charge is 0.303 e. The number of hydrazine groups is 1. The largest absolute Gasteiger partial charge is 0.328 e. The van der Waals surface area contributed by atoms with Gasteiger partial charge in [0.05, 0.1) is 17.3 Å². The maximum atomic E-state index is 12.4. The highest BCUT2D eigenvalue weighted by molar-refractivity contribution is 6.40. The number of nitriles is 1. The summed E-state index contributed by atoms with van der Waals surface area (Å²) in [4.78, 5) is 26.0. The van der Waals surface area contributed by atoms with Gasteiger partial charge in [0.1, 0.15) is 0 Å². The number of amides is 2. The molecule has 0 atom stereocenters. The van der Waals surface area contributed by atoms with Crippen molar-refractivity contribution < 1.29 is 9.59 Å². The van der Waals surface area contributed by atoms with E-state index in [1.165, 1.54) is 4.90 Å². The second kappa shape index (κ2) is 6.42. The van der Waals surface area contributed by atoms with Gasteiger partial charge in [-0.15, -0.1) is 0 Å². The molecule has 6 nitrogen and oxygen atoms in total. The van der Waals surface area contributed by atoms with Gasteiger partial charge in [-0.2, -0.15) is 5.26 Å². The van der Waals surface area contributed by atoms with Crippen LogP contribution in [0.5, 0.6) is 0 Å². The molecular formula is C18H16N4O2. The minimum atomic E-state index is -0.744. The number of hydrogen-bond acceptors (Lipinski definition) is 4. The topological polar surface area (TPSA) is 85.2 Å². The summed E-state index contributed by atoms with van der Waals surface area (Å²) in [6.45, 7) is 2.44. The zero-order valence-corrected chi connectivity index (χ0v) is 13.2. The van der Waals surface area contributed by atoms with E-state index in [1.54, 1.807) is 24.3 Å². The summed E-state index contributed by atoms with van der Waals surface area (Å²) in [6, 6.07) is 14.5. The predicted octanol–water partition coefficient (Wildman–Crippen LogP) is 1.90. The van der Waals surface area contributed by atoms with Crippen molar-refractivity contribution >= 4 is 23.2 Å². The lowest BCUT2D eigenvalue weighted by Crippen LogP contribution is -2.44. The monoisotopic (exact) mass is 320 g/mol. The molecule has 0 radical (unpaired) electrons. The van der Waals surface area contributed by atoms with Crippen molar-refractivity contribution in [1.82, 2.24) is 5.43 Å². The van der Waals surface area contributed by atoms with Gasteiger partial charge in [-0.3, -0.25) is 20.4 Å². The summed E-state index contributed by atoms with van der Waals surface area (Å²) in [5.41, 5.74) is 8.94. The number of nitrogens with one attached hydrogen (secondary N) is 2. The van der Waals surface area contributed by atoms with Crippen molar-refractivity contribution in [3.8, 4) is 6.07 Å². The van der Waals surface area contributed by atoms with Crippen LogP contribution in [0, 0.1) is 18.3 Å². The van der Waals surface area contributed by atoms with Crippen LogP contribution in [0.3, 0.4) is 0 Å². The Morgan fingerprint density at radius 3 is 2.83 bits per heavy atom. The lowest BCUT2D eigenvalue weighted by molar-refractivity contribution is -0.137. The van der Waals surface area contributed by atoms with Gasteiger partial charge in [-0.1, -0.05) is 18.2 Å². The summed E-state index contributed by atoms with van der Waals surface area (Å²) >= 11 is 0. The van der Waals surface area contributed by atoms with E-state index in [9.17, 15) is 9.59 Å². The van der Waals surface area contributed by atoms with Gasteiger partial charge in [0, 0.05) is 12.2 Å². The zero-order valence-electron chi connectivity index (χ0n) is 13.2. The molecule has 2 amide bonds. The molecule has 0 aromatic heterocycles. The number of anilines is 2. The Morgan fingerprint density at radius 1 is 1.21 bits per heavy atom. The van der Waals surface area contributed by atoms with Gasteiger partial charge in [-0.05, 0) is 48.7 Å². The molecule has 0 saturated heterocycles. The van der Waals surface area contributed by atoms with E-state index in [-0.39, 0.29) is 0 Å². The van der Waals surface area contributed by atoms with Crippen molar-refractivity contribution in [2.24, 2.45) is 0 Å². The molecule has 6 heteroatoms. The number of fused-ring (bicyclic) bond motifs is 1. The Bertz CT molecular complexity index is 854. The van der Waals surface area contributed by atoms with E-state index in [2.05, 4.69) is 10.9 Å². The van der Waals surface area contributed by atoms with Crippen LogP contribution < -0.4 is 15.8 Å². The summed E-state index contributed by atoms with van der Waals surface area (Å²) < 4.78 is 0.